The fraction of sp³-hybridized carbons (Fsp3) is 0.875. The van der Waals surface area contributed by atoms with Crippen molar-refractivity contribution in [3.63, 3.8) is 0 Å². The van der Waals surface area contributed by atoms with Crippen LogP contribution in [0, 0.1) is 5.92 Å². The number of hydrogen-bond acceptors (Lipinski definition) is 6. The van der Waals surface area contributed by atoms with Crippen LogP contribution in [0.3, 0.4) is 0 Å². The Morgan fingerprint density at radius 3 is 1.54 bits per heavy atom. The standard InChI is InChI=1S/C16H30N2O6/c1-10(19)6-8-12(9-7-11(2)20)16(5,14(23)24)18-17-15(3,4)13(21)22/h10-12,19-20H,6-9H2,1-5H3,(H,21,22)(H,23,24)/b18-17+. The van der Waals surface area contributed by atoms with Crippen molar-refractivity contribution in [2.45, 2.75) is 83.6 Å². The maximum atomic E-state index is 11.8. The van der Waals surface area contributed by atoms with Crippen molar-refractivity contribution >= 4 is 11.9 Å². The normalized spacial score (nSPS) is 18.8. The number of aliphatic hydroxyl groups excluding tert-OH is 2. The van der Waals surface area contributed by atoms with E-state index in [0.717, 1.165) is 0 Å². The monoisotopic (exact) mass is 346 g/mol. The maximum absolute atomic E-state index is 11.8. The van der Waals surface area contributed by atoms with E-state index in [4.69, 9.17) is 5.11 Å². The molecule has 0 bridgehead atoms. The number of carboxylic acids is 2. The highest BCUT2D eigenvalue weighted by atomic mass is 16.4. The summed E-state index contributed by atoms with van der Waals surface area (Å²) in [5.41, 5.74) is -3.16. The first-order valence-corrected chi connectivity index (χ1v) is 8.10. The van der Waals surface area contributed by atoms with Gasteiger partial charge < -0.3 is 20.4 Å². The Hall–Kier alpha value is -1.54. The van der Waals surface area contributed by atoms with Gasteiger partial charge in [-0.25, -0.2) is 9.59 Å². The summed E-state index contributed by atoms with van der Waals surface area (Å²) in [5.74, 6) is -2.91. The summed E-state index contributed by atoms with van der Waals surface area (Å²) >= 11 is 0. The number of azo groups is 1. The van der Waals surface area contributed by atoms with Crippen molar-refractivity contribution in [2.75, 3.05) is 0 Å². The second kappa shape index (κ2) is 9.08. The Morgan fingerprint density at radius 1 is 0.833 bits per heavy atom. The number of carbonyl (C=O) groups is 2. The fourth-order valence-corrected chi connectivity index (χ4v) is 2.16. The van der Waals surface area contributed by atoms with Gasteiger partial charge in [0.05, 0.1) is 12.2 Å². The summed E-state index contributed by atoms with van der Waals surface area (Å²) in [6, 6.07) is 0. The van der Waals surface area contributed by atoms with Crippen LogP contribution in [0.5, 0.6) is 0 Å². The van der Waals surface area contributed by atoms with Gasteiger partial charge in [-0.2, -0.15) is 10.2 Å². The first-order chi connectivity index (χ1) is 10.8. The Morgan fingerprint density at radius 2 is 1.25 bits per heavy atom. The van der Waals surface area contributed by atoms with Crippen LogP contribution in [0.2, 0.25) is 0 Å². The molecular weight excluding hydrogens is 316 g/mol. The van der Waals surface area contributed by atoms with Crippen molar-refractivity contribution in [1.82, 2.24) is 0 Å². The molecule has 3 atom stereocenters. The Kier molecular flexibility index (Phi) is 8.49. The predicted octanol–water partition coefficient (Wildman–Crippen LogP) is 2.08. The summed E-state index contributed by atoms with van der Waals surface area (Å²) in [6.45, 7) is 7.28. The topological polar surface area (TPSA) is 140 Å². The molecule has 0 amide bonds. The Labute approximate surface area is 142 Å². The first-order valence-electron chi connectivity index (χ1n) is 8.10. The molecule has 0 rings (SSSR count). The number of carboxylic acid groups (broad SMARTS) is 2. The van der Waals surface area contributed by atoms with Gasteiger partial charge in [-0.1, -0.05) is 0 Å². The molecule has 140 valence electrons. The molecule has 24 heavy (non-hydrogen) atoms. The van der Waals surface area contributed by atoms with Gasteiger partial charge in [-0.3, -0.25) is 0 Å². The number of aliphatic hydroxyl groups is 2. The number of hydrogen-bond donors (Lipinski definition) is 4. The van der Waals surface area contributed by atoms with Gasteiger partial charge in [0.15, 0.2) is 11.1 Å². The molecule has 0 aromatic heterocycles. The van der Waals surface area contributed by atoms with Crippen LogP contribution < -0.4 is 0 Å². The van der Waals surface area contributed by atoms with Crippen LogP contribution in [0.15, 0.2) is 10.2 Å². The largest absolute Gasteiger partial charge is 0.479 e. The summed E-state index contributed by atoms with van der Waals surface area (Å²) in [4.78, 5) is 23.0. The molecule has 0 radical (unpaired) electrons. The Bertz CT molecular complexity index is 449. The first kappa shape index (κ1) is 22.5. The van der Waals surface area contributed by atoms with Crippen molar-refractivity contribution in [3.8, 4) is 0 Å². The zero-order valence-electron chi connectivity index (χ0n) is 15.1. The van der Waals surface area contributed by atoms with Crippen LogP contribution in [-0.4, -0.2) is 55.7 Å². The number of nitrogens with zero attached hydrogens (tertiary/aromatic N) is 2. The molecule has 0 spiro atoms. The minimum atomic E-state index is -1.63. The molecular formula is C16H30N2O6. The molecule has 4 N–H and O–H groups in total. The summed E-state index contributed by atoms with van der Waals surface area (Å²) in [7, 11) is 0. The van der Waals surface area contributed by atoms with Crippen molar-refractivity contribution < 1.29 is 30.0 Å². The lowest BCUT2D eigenvalue weighted by molar-refractivity contribution is -0.146. The van der Waals surface area contributed by atoms with E-state index in [1.54, 1.807) is 13.8 Å². The van der Waals surface area contributed by atoms with Crippen LogP contribution in [0.25, 0.3) is 0 Å². The molecule has 0 heterocycles. The third-order valence-corrected chi connectivity index (χ3v) is 4.12. The summed E-state index contributed by atoms with van der Waals surface area (Å²) in [6.07, 6.45) is 0.324. The molecule has 0 saturated carbocycles. The van der Waals surface area contributed by atoms with E-state index < -0.39 is 41.1 Å². The SMILES string of the molecule is CC(O)CCC(CCC(C)O)C(C)(/N=N/C(C)(C)C(=O)O)C(=O)O. The lowest BCUT2D eigenvalue weighted by Crippen LogP contribution is -2.42. The molecule has 0 saturated heterocycles. The minimum Gasteiger partial charge on any atom is -0.479 e. The van der Waals surface area contributed by atoms with Gasteiger partial charge in [0, 0.05) is 0 Å². The Balaban J connectivity index is 5.57. The lowest BCUT2D eigenvalue weighted by atomic mass is 9.79. The van der Waals surface area contributed by atoms with E-state index in [9.17, 15) is 24.9 Å². The van der Waals surface area contributed by atoms with E-state index in [2.05, 4.69) is 10.2 Å². The molecule has 0 aliphatic heterocycles. The highest BCUT2D eigenvalue weighted by molar-refractivity contribution is 5.79. The molecule has 0 aliphatic rings. The molecule has 0 aliphatic carbocycles. The third-order valence-electron chi connectivity index (χ3n) is 4.12. The summed E-state index contributed by atoms with van der Waals surface area (Å²) in [5, 5.41) is 45.3. The predicted molar refractivity (Wildman–Crippen MR) is 87.9 cm³/mol. The maximum Gasteiger partial charge on any atom is 0.333 e. The van der Waals surface area contributed by atoms with Gasteiger partial charge in [-0.05, 0) is 66.2 Å². The van der Waals surface area contributed by atoms with Crippen molar-refractivity contribution in [2.24, 2.45) is 16.1 Å². The van der Waals surface area contributed by atoms with Crippen LogP contribution in [0.1, 0.15) is 60.3 Å². The lowest BCUT2D eigenvalue weighted by Gasteiger charge is -2.31. The van der Waals surface area contributed by atoms with E-state index >= 15 is 0 Å². The molecule has 0 fully saturated rings. The average Bonchev–Trinajstić information content (AvgIpc) is 2.43. The van der Waals surface area contributed by atoms with Gasteiger partial charge in [0.2, 0.25) is 0 Å². The highest BCUT2D eigenvalue weighted by Gasteiger charge is 2.43. The fourth-order valence-electron chi connectivity index (χ4n) is 2.16. The third kappa shape index (κ3) is 6.92. The minimum absolute atomic E-state index is 0.375. The van der Waals surface area contributed by atoms with Crippen molar-refractivity contribution in [3.05, 3.63) is 0 Å². The molecule has 0 aromatic rings. The zero-order chi connectivity index (χ0) is 19.1. The van der Waals surface area contributed by atoms with E-state index in [0.29, 0.717) is 25.7 Å². The highest BCUT2D eigenvalue weighted by Crippen LogP contribution is 2.33. The molecule has 8 nitrogen and oxygen atoms in total. The van der Waals surface area contributed by atoms with E-state index in [1.807, 2.05) is 0 Å². The number of aliphatic carboxylic acids is 2. The molecule has 3 unspecified atom stereocenters. The van der Waals surface area contributed by atoms with Crippen molar-refractivity contribution in [1.29, 1.82) is 0 Å². The van der Waals surface area contributed by atoms with Gasteiger partial charge >= 0.3 is 11.9 Å². The number of rotatable bonds is 11. The zero-order valence-corrected chi connectivity index (χ0v) is 15.1. The van der Waals surface area contributed by atoms with Crippen LogP contribution >= 0.6 is 0 Å². The van der Waals surface area contributed by atoms with Crippen LogP contribution in [-0.2, 0) is 9.59 Å². The summed E-state index contributed by atoms with van der Waals surface area (Å²) < 4.78 is 0. The van der Waals surface area contributed by atoms with E-state index in [1.165, 1.54) is 20.8 Å². The van der Waals surface area contributed by atoms with E-state index in [-0.39, 0.29) is 0 Å². The second-order valence-corrected chi connectivity index (χ2v) is 7.07. The van der Waals surface area contributed by atoms with Gasteiger partial charge in [-0.15, -0.1) is 0 Å². The van der Waals surface area contributed by atoms with Crippen LogP contribution in [0.4, 0.5) is 0 Å². The van der Waals surface area contributed by atoms with Gasteiger partial charge in [0.1, 0.15) is 0 Å². The second-order valence-electron chi connectivity index (χ2n) is 7.07. The van der Waals surface area contributed by atoms with Gasteiger partial charge in [0.25, 0.3) is 0 Å². The quantitative estimate of drug-likeness (QED) is 0.422. The average molecular weight is 346 g/mol. The molecule has 8 heteroatoms. The smallest absolute Gasteiger partial charge is 0.333 e. The molecule has 0 aromatic carbocycles.